The van der Waals surface area contributed by atoms with Crippen molar-refractivity contribution >= 4 is 39.9 Å². The monoisotopic (exact) mass is 281 g/mol. The van der Waals surface area contributed by atoms with Gasteiger partial charge in [0.25, 0.3) is 0 Å². The number of nitrogens with zero attached hydrogens (tertiary/aromatic N) is 1. The van der Waals surface area contributed by atoms with Gasteiger partial charge >= 0.3 is 0 Å². The van der Waals surface area contributed by atoms with Gasteiger partial charge in [0.1, 0.15) is 10.1 Å². The Balaban J connectivity index is 2.54. The van der Waals surface area contributed by atoms with Gasteiger partial charge in [-0.25, -0.2) is 0 Å². The highest BCUT2D eigenvalue weighted by Crippen LogP contribution is 2.36. The number of thioether (sulfide) groups is 1. The van der Waals surface area contributed by atoms with Crippen LogP contribution in [0.3, 0.4) is 0 Å². The summed E-state index contributed by atoms with van der Waals surface area (Å²) in [6, 6.07) is 3.56. The van der Waals surface area contributed by atoms with Gasteiger partial charge in [0.05, 0.1) is 11.4 Å². The molecule has 1 aromatic rings. The van der Waals surface area contributed by atoms with Crippen LogP contribution >= 0.6 is 24.0 Å². The second-order valence-corrected chi connectivity index (χ2v) is 6.25. The summed E-state index contributed by atoms with van der Waals surface area (Å²) in [5, 5.41) is 9.92. The van der Waals surface area contributed by atoms with Gasteiger partial charge in [-0.15, -0.1) is 0 Å². The van der Waals surface area contributed by atoms with Gasteiger partial charge in [-0.2, -0.15) is 0 Å². The van der Waals surface area contributed by atoms with Crippen LogP contribution in [0.15, 0.2) is 12.1 Å². The zero-order valence-electron chi connectivity index (χ0n) is 10.6. The number of carbonyl (C=O) groups is 1. The van der Waals surface area contributed by atoms with Crippen molar-refractivity contribution in [3.8, 4) is 5.75 Å². The number of hydrogen-bond donors (Lipinski definition) is 1. The fourth-order valence-electron chi connectivity index (χ4n) is 1.99. The number of phenols is 1. The molecule has 1 aliphatic heterocycles. The summed E-state index contributed by atoms with van der Waals surface area (Å²) in [4.78, 5) is 13.4. The number of phenolic OH excluding ortho intramolecular Hbond substituents is 1. The molecule has 96 valence electrons. The molecule has 0 aromatic heterocycles. The van der Waals surface area contributed by atoms with Crippen molar-refractivity contribution in [3.05, 3.63) is 23.3 Å². The maximum absolute atomic E-state index is 11.9. The van der Waals surface area contributed by atoms with Crippen LogP contribution in [-0.4, -0.2) is 21.1 Å². The zero-order valence-corrected chi connectivity index (χ0v) is 12.2. The van der Waals surface area contributed by atoms with Gasteiger partial charge in [-0.3, -0.25) is 9.69 Å². The molecule has 0 bridgehead atoms. The Bertz CT molecular complexity index is 510. The Morgan fingerprint density at radius 2 is 2.11 bits per heavy atom. The van der Waals surface area contributed by atoms with Crippen LogP contribution in [0.1, 0.15) is 30.9 Å². The van der Waals surface area contributed by atoms with E-state index >= 15 is 0 Å². The molecule has 0 unspecified atom stereocenters. The van der Waals surface area contributed by atoms with Gasteiger partial charge in [0.15, 0.2) is 0 Å². The predicted molar refractivity (Wildman–Crippen MR) is 79.5 cm³/mol. The first kappa shape index (κ1) is 13.4. The van der Waals surface area contributed by atoms with E-state index in [1.54, 1.807) is 11.0 Å². The van der Waals surface area contributed by atoms with Gasteiger partial charge in [0, 0.05) is 0 Å². The maximum Gasteiger partial charge on any atom is 0.243 e. The number of thiocarbonyl (C=S) groups is 1. The van der Waals surface area contributed by atoms with Crippen LogP contribution in [0.4, 0.5) is 5.69 Å². The lowest BCUT2D eigenvalue weighted by molar-refractivity contribution is -0.115. The minimum absolute atomic E-state index is 0.00787. The van der Waals surface area contributed by atoms with Crippen LogP contribution in [0.25, 0.3) is 0 Å². The van der Waals surface area contributed by atoms with Crippen molar-refractivity contribution in [1.82, 2.24) is 0 Å². The molecule has 0 saturated carbocycles. The average molecular weight is 281 g/mol. The Hall–Kier alpha value is -1.07. The standard InChI is InChI=1S/C13H15NO2S2/c1-7(2)9-5-10(8(3)4-11(9)15)14-12(16)6-18-13(14)17/h4-5,7,15H,6H2,1-3H3. The number of aryl methyl sites for hydroxylation is 1. The number of aromatic hydroxyl groups is 1. The van der Waals surface area contributed by atoms with E-state index in [0.717, 1.165) is 16.8 Å². The Morgan fingerprint density at radius 1 is 1.44 bits per heavy atom. The molecule has 1 heterocycles. The Kier molecular flexibility index (Phi) is 3.64. The van der Waals surface area contributed by atoms with E-state index in [4.69, 9.17) is 12.2 Å². The summed E-state index contributed by atoms with van der Waals surface area (Å²) in [5.41, 5.74) is 2.48. The summed E-state index contributed by atoms with van der Waals surface area (Å²) < 4.78 is 0.587. The van der Waals surface area contributed by atoms with E-state index in [1.807, 2.05) is 26.8 Å². The topological polar surface area (TPSA) is 40.5 Å². The molecular weight excluding hydrogens is 266 g/mol. The third-order valence-corrected chi connectivity index (χ3v) is 4.32. The third kappa shape index (κ3) is 2.24. The second kappa shape index (κ2) is 4.90. The maximum atomic E-state index is 11.9. The second-order valence-electron chi connectivity index (χ2n) is 4.64. The smallest absolute Gasteiger partial charge is 0.243 e. The van der Waals surface area contributed by atoms with Crippen molar-refractivity contribution in [2.24, 2.45) is 0 Å². The van der Waals surface area contributed by atoms with E-state index in [9.17, 15) is 9.90 Å². The summed E-state index contributed by atoms with van der Waals surface area (Å²) in [5.74, 6) is 0.879. The van der Waals surface area contributed by atoms with Crippen molar-refractivity contribution in [2.75, 3.05) is 10.7 Å². The van der Waals surface area contributed by atoms with Crippen molar-refractivity contribution in [3.63, 3.8) is 0 Å². The van der Waals surface area contributed by atoms with Gasteiger partial charge in [0.2, 0.25) is 5.91 Å². The van der Waals surface area contributed by atoms with Crippen molar-refractivity contribution in [1.29, 1.82) is 0 Å². The summed E-state index contributed by atoms with van der Waals surface area (Å²) >= 11 is 6.59. The molecule has 1 fully saturated rings. The van der Waals surface area contributed by atoms with Gasteiger partial charge < -0.3 is 5.11 Å². The van der Waals surface area contributed by atoms with Crippen LogP contribution in [0.2, 0.25) is 0 Å². The Morgan fingerprint density at radius 3 is 2.61 bits per heavy atom. The van der Waals surface area contributed by atoms with E-state index in [2.05, 4.69) is 0 Å². The number of rotatable bonds is 2. The molecule has 3 nitrogen and oxygen atoms in total. The lowest BCUT2D eigenvalue weighted by atomic mass is 9.99. The van der Waals surface area contributed by atoms with Crippen molar-refractivity contribution < 1.29 is 9.90 Å². The highest BCUT2D eigenvalue weighted by atomic mass is 32.2. The molecule has 1 aromatic carbocycles. The molecule has 1 amide bonds. The van der Waals surface area contributed by atoms with Crippen molar-refractivity contribution in [2.45, 2.75) is 26.7 Å². The predicted octanol–water partition coefficient (Wildman–Crippen LogP) is 3.19. The number of hydrogen-bond acceptors (Lipinski definition) is 4. The van der Waals surface area contributed by atoms with E-state index in [0.29, 0.717) is 10.1 Å². The number of amides is 1. The van der Waals surface area contributed by atoms with Crippen LogP contribution in [-0.2, 0) is 4.79 Å². The molecule has 0 atom stereocenters. The third-order valence-electron chi connectivity index (χ3n) is 2.96. The zero-order chi connectivity index (χ0) is 13.4. The van der Waals surface area contributed by atoms with E-state index in [-0.39, 0.29) is 17.6 Å². The lowest BCUT2D eigenvalue weighted by Crippen LogP contribution is -2.28. The molecular formula is C13H15NO2S2. The molecule has 1 N–H and O–H groups in total. The number of carbonyl (C=O) groups excluding carboxylic acids is 1. The SMILES string of the molecule is Cc1cc(O)c(C(C)C)cc1N1C(=O)CSC1=S. The summed E-state index contributed by atoms with van der Waals surface area (Å²) in [7, 11) is 0. The first-order chi connectivity index (χ1) is 8.41. The minimum atomic E-state index is 0.00787. The fraction of sp³-hybridized carbons (Fsp3) is 0.385. The highest BCUT2D eigenvalue weighted by Gasteiger charge is 2.29. The van der Waals surface area contributed by atoms with Crippen LogP contribution in [0.5, 0.6) is 5.75 Å². The summed E-state index contributed by atoms with van der Waals surface area (Å²) in [6.45, 7) is 5.89. The van der Waals surface area contributed by atoms with Crippen LogP contribution < -0.4 is 4.90 Å². The van der Waals surface area contributed by atoms with E-state index in [1.165, 1.54) is 11.8 Å². The highest BCUT2D eigenvalue weighted by molar-refractivity contribution is 8.24. The molecule has 0 radical (unpaired) electrons. The summed E-state index contributed by atoms with van der Waals surface area (Å²) in [6.07, 6.45) is 0. The average Bonchev–Trinajstić information content (AvgIpc) is 2.59. The first-order valence-corrected chi connectivity index (χ1v) is 7.14. The fourth-order valence-corrected chi connectivity index (χ4v) is 3.07. The van der Waals surface area contributed by atoms with E-state index < -0.39 is 0 Å². The lowest BCUT2D eigenvalue weighted by Gasteiger charge is -2.20. The molecule has 1 aliphatic rings. The minimum Gasteiger partial charge on any atom is -0.508 e. The van der Waals surface area contributed by atoms with Gasteiger partial charge in [-0.1, -0.05) is 37.8 Å². The first-order valence-electron chi connectivity index (χ1n) is 5.75. The number of anilines is 1. The molecule has 0 spiro atoms. The normalized spacial score (nSPS) is 15.9. The Labute approximate surface area is 116 Å². The molecule has 2 rings (SSSR count). The molecule has 0 aliphatic carbocycles. The quantitative estimate of drug-likeness (QED) is 0.845. The molecule has 1 saturated heterocycles. The number of benzene rings is 1. The molecule has 5 heteroatoms. The largest absolute Gasteiger partial charge is 0.508 e. The van der Waals surface area contributed by atoms with Gasteiger partial charge in [-0.05, 0) is 36.1 Å². The van der Waals surface area contributed by atoms with Crippen LogP contribution in [0, 0.1) is 6.92 Å². The molecule has 18 heavy (non-hydrogen) atoms.